The molecule has 1 amide bonds. The molecule has 1 unspecified atom stereocenters. The van der Waals surface area contributed by atoms with E-state index in [0.717, 1.165) is 10.4 Å². The molecule has 1 N–H and O–H groups in total. The second kappa shape index (κ2) is 6.84. The molecule has 25 heavy (non-hydrogen) atoms. The Bertz CT molecular complexity index is 836. The van der Waals surface area contributed by atoms with Gasteiger partial charge in [-0.1, -0.05) is 32.0 Å². The lowest BCUT2D eigenvalue weighted by atomic mass is 9.95. The number of hydrogen-bond donors (Lipinski definition) is 1. The van der Waals surface area contributed by atoms with Crippen LogP contribution in [0.1, 0.15) is 36.8 Å². The number of anilines is 1. The maximum atomic E-state index is 12.8. The number of thiophene rings is 1. The normalized spacial score (nSPS) is 17.7. The van der Waals surface area contributed by atoms with E-state index in [1.165, 1.54) is 16.2 Å². The first-order valence-electron chi connectivity index (χ1n) is 8.30. The molecule has 3 rings (SSSR count). The minimum absolute atomic E-state index is 0.153. The summed E-state index contributed by atoms with van der Waals surface area (Å²) in [6, 6.07) is 10.7. The molecule has 2 heterocycles. The van der Waals surface area contributed by atoms with Crippen molar-refractivity contribution in [3.05, 3.63) is 63.6 Å². The molecule has 1 aliphatic heterocycles. The van der Waals surface area contributed by atoms with Crippen LogP contribution in [0.5, 0.6) is 0 Å². The highest BCUT2D eigenvalue weighted by Crippen LogP contribution is 2.43. The minimum atomic E-state index is -0.569. The van der Waals surface area contributed by atoms with E-state index < -0.39 is 17.7 Å². The number of ketones is 1. The van der Waals surface area contributed by atoms with Crippen molar-refractivity contribution in [1.82, 2.24) is 0 Å². The average molecular weight is 355 g/mol. The molecule has 130 valence electrons. The zero-order valence-corrected chi connectivity index (χ0v) is 15.3. The van der Waals surface area contributed by atoms with E-state index in [2.05, 4.69) is 0 Å². The molecule has 0 radical (unpaired) electrons. The molecular weight excluding hydrogens is 334 g/mol. The first kappa shape index (κ1) is 17.4. The lowest BCUT2D eigenvalue weighted by molar-refractivity contribution is -0.118. The maximum absolute atomic E-state index is 12.8. The zero-order chi connectivity index (χ0) is 18.1. The van der Waals surface area contributed by atoms with E-state index >= 15 is 0 Å². The number of aryl methyl sites for hydroxylation is 1. The SMILES string of the molecule is Cc1cccc(N2C(=O)C(O)=C(C(=O)CC(C)C)C2c2cccs2)c1. The highest BCUT2D eigenvalue weighted by molar-refractivity contribution is 7.10. The monoisotopic (exact) mass is 355 g/mol. The first-order chi connectivity index (χ1) is 11.9. The summed E-state index contributed by atoms with van der Waals surface area (Å²) in [6.45, 7) is 5.85. The molecule has 0 spiro atoms. The van der Waals surface area contributed by atoms with Crippen LogP contribution in [0.25, 0.3) is 0 Å². The van der Waals surface area contributed by atoms with Gasteiger partial charge in [-0.15, -0.1) is 11.3 Å². The Morgan fingerprint density at radius 3 is 2.64 bits per heavy atom. The van der Waals surface area contributed by atoms with Gasteiger partial charge in [-0.2, -0.15) is 0 Å². The number of carbonyl (C=O) groups excluding carboxylic acids is 2. The summed E-state index contributed by atoms with van der Waals surface area (Å²) >= 11 is 1.48. The fourth-order valence-corrected chi connectivity index (χ4v) is 3.95. The van der Waals surface area contributed by atoms with Gasteiger partial charge < -0.3 is 5.11 Å². The largest absolute Gasteiger partial charge is 0.503 e. The quantitative estimate of drug-likeness (QED) is 0.854. The second-order valence-corrected chi connectivity index (χ2v) is 7.69. The van der Waals surface area contributed by atoms with Crippen molar-refractivity contribution in [3.63, 3.8) is 0 Å². The van der Waals surface area contributed by atoms with Gasteiger partial charge >= 0.3 is 0 Å². The maximum Gasteiger partial charge on any atom is 0.294 e. The topological polar surface area (TPSA) is 57.6 Å². The van der Waals surface area contributed by atoms with Gasteiger partial charge in [0.1, 0.15) is 6.04 Å². The summed E-state index contributed by atoms with van der Waals surface area (Å²) in [7, 11) is 0. The number of nitrogens with zero attached hydrogens (tertiary/aromatic N) is 1. The van der Waals surface area contributed by atoms with Crippen LogP contribution in [0.4, 0.5) is 5.69 Å². The van der Waals surface area contributed by atoms with Crippen molar-refractivity contribution >= 4 is 28.7 Å². The predicted molar refractivity (Wildman–Crippen MR) is 99.8 cm³/mol. The van der Waals surface area contributed by atoms with E-state index in [1.54, 1.807) is 0 Å². The summed E-state index contributed by atoms with van der Waals surface area (Å²) in [6.07, 6.45) is 0.302. The van der Waals surface area contributed by atoms with Gasteiger partial charge in [-0.3, -0.25) is 14.5 Å². The van der Waals surface area contributed by atoms with E-state index in [-0.39, 0.29) is 17.3 Å². The summed E-state index contributed by atoms with van der Waals surface area (Å²) in [5.74, 6) is -0.962. The number of aliphatic hydroxyl groups is 1. The first-order valence-corrected chi connectivity index (χ1v) is 9.18. The molecule has 0 saturated heterocycles. The molecule has 1 atom stereocenters. The smallest absolute Gasteiger partial charge is 0.294 e. The van der Waals surface area contributed by atoms with E-state index in [4.69, 9.17) is 0 Å². The van der Waals surface area contributed by atoms with Crippen molar-refractivity contribution in [2.45, 2.75) is 33.2 Å². The fourth-order valence-electron chi connectivity index (χ4n) is 3.13. The summed E-state index contributed by atoms with van der Waals surface area (Å²) in [4.78, 5) is 28.0. The van der Waals surface area contributed by atoms with E-state index in [0.29, 0.717) is 12.1 Å². The lowest BCUT2D eigenvalue weighted by Gasteiger charge is -2.26. The molecule has 1 aromatic heterocycles. The van der Waals surface area contributed by atoms with Crippen molar-refractivity contribution in [2.75, 3.05) is 4.90 Å². The molecule has 4 nitrogen and oxygen atoms in total. The third-order valence-electron chi connectivity index (χ3n) is 4.19. The number of aliphatic hydroxyl groups excluding tert-OH is 1. The highest BCUT2D eigenvalue weighted by atomic mass is 32.1. The Hall–Kier alpha value is -2.40. The van der Waals surface area contributed by atoms with Crippen LogP contribution in [0.3, 0.4) is 0 Å². The van der Waals surface area contributed by atoms with Crippen LogP contribution in [0, 0.1) is 12.8 Å². The molecule has 1 aliphatic rings. The molecule has 1 aromatic carbocycles. The van der Waals surface area contributed by atoms with Crippen LogP contribution in [-0.2, 0) is 9.59 Å². The van der Waals surface area contributed by atoms with Gasteiger partial charge in [0.05, 0.1) is 5.57 Å². The number of rotatable bonds is 5. The molecule has 5 heteroatoms. The molecular formula is C20H21NO3S. The van der Waals surface area contributed by atoms with Gasteiger partial charge in [0.15, 0.2) is 11.5 Å². The van der Waals surface area contributed by atoms with Crippen LogP contribution in [-0.4, -0.2) is 16.8 Å². The second-order valence-electron chi connectivity index (χ2n) is 6.72. The Balaban J connectivity index is 2.11. The Morgan fingerprint density at radius 2 is 2.04 bits per heavy atom. The summed E-state index contributed by atoms with van der Waals surface area (Å²) in [5, 5.41) is 12.4. The van der Waals surface area contributed by atoms with E-state index in [1.807, 2.05) is 62.5 Å². The van der Waals surface area contributed by atoms with Gasteiger partial charge in [0, 0.05) is 17.0 Å². The Morgan fingerprint density at radius 1 is 1.28 bits per heavy atom. The molecule has 0 saturated carbocycles. The third kappa shape index (κ3) is 3.24. The number of amides is 1. The zero-order valence-electron chi connectivity index (χ0n) is 14.5. The Labute approximate surface area is 151 Å². The van der Waals surface area contributed by atoms with Crippen LogP contribution in [0.15, 0.2) is 53.1 Å². The molecule has 2 aromatic rings. The average Bonchev–Trinajstić information content (AvgIpc) is 3.14. The van der Waals surface area contributed by atoms with Gasteiger partial charge in [0.25, 0.3) is 5.91 Å². The minimum Gasteiger partial charge on any atom is -0.503 e. The summed E-state index contributed by atoms with van der Waals surface area (Å²) < 4.78 is 0. The number of hydrogen-bond acceptors (Lipinski definition) is 4. The van der Waals surface area contributed by atoms with Crippen LogP contribution < -0.4 is 4.90 Å². The Kier molecular flexibility index (Phi) is 4.77. The van der Waals surface area contributed by atoms with Gasteiger partial charge in [0.2, 0.25) is 0 Å². The predicted octanol–water partition coefficient (Wildman–Crippen LogP) is 4.57. The fraction of sp³-hybridized carbons (Fsp3) is 0.300. The number of carbonyl (C=O) groups is 2. The van der Waals surface area contributed by atoms with Crippen molar-refractivity contribution < 1.29 is 14.7 Å². The summed E-state index contributed by atoms with van der Waals surface area (Å²) in [5.41, 5.74) is 1.90. The van der Waals surface area contributed by atoms with Crippen LogP contribution in [0.2, 0.25) is 0 Å². The number of benzene rings is 1. The molecule has 0 bridgehead atoms. The third-order valence-corrected chi connectivity index (χ3v) is 5.12. The van der Waals surface area contributed by atoms with Gasteiger partial charge in [-0.25, -0.2) is 0 Å². The van der Waals surface area contributed by atoms with Crippen molar-refractivity contribution in [2.24, 2.45) is 5.92 Å². The lowest BCUT2D eigenvalue weighted by Crippen LogP contribution is -2.30. The standard InChI is InChI=1S/C20H21NO3S/c1-12(2)10-15(22)17-18(16-8-5-9-25-16)21(20(24)19(17)23)14-7-4-6-13(3)11-14/h4-9,11-12,18,23H,10H2,1-3H3. The number of Topliss-reactive ketones (excluding diaryl/α,β-unsaturated/α-hetero) is 1. The van der Waals surface area contributed by atoms with E-state index in [9.17, 15) is 14.7 Å². The van der Waals surface area contributed by atoms with Crippen molar-refractivity contribution in [3.8, 4) is 0 Å². The van der Waals surface area contributed by atoms with Crippen LogP contribution >= 0.6 is 11.3 Å². The van der Waals surface area contributed by atoms with Crippen molar-refractivity contribution in [1.29, 1.82) is 0 Å². The molecule has 0 fully saturated rings. The van der Waals surface area contributed by atoms with Gasteiger partial charge in [-0.05, 0) is 42.0 Å². The highest BCUT2D eigenvalue weighted by Gasteiger charge is 2.44. The molecule has 0 aliphatic carbocycles.